The number of hydrogen-bond donors (Lipinski definition) is 3. The van der Waals surface area contributed by atoms with Crippen molar-refractivity contribution in [3.63, 3.8) is 0 Å². The summed E-state index contributed by atoms with van der Waals surface area (Å²) in [5.41, 5.74) is 0. The quantitative estimate of drug-likeness (QED) is 0.0420. The van der Waals surface area contributed by atoms with Gasteiger partial charge in [-0.05, 0) is 57.8 Å². The monoisotopic (exact) mass is 1040 g/mol. The number of amides is 1. The largest absolute Gasteiger partial charge is 0.394 e. The molecule has 74 heavy (non-hydrogen) atoms. The fourth-order valence-corrected chi connectivity index (χ4v) is 10.9. The van der Waals surface area contributed by atoms with Gasteiger partial charge in [0.1, 0.15) is 0 Å². The Kier molecular flexibility index (Phi) is 64.7. The lowest BCUT2D eigenvalue weighted by molar-refractivity contribution is -0.123. The van der Waals surface area contributed by atoms with Crippen molar-refractivity contribution in [2.45, 2.75) is 398 Å². The van der Waals surface area contributed by atoms with Gasteiger partial charge in [-0.2, -0.15) is 0 Å². The van der Waals surface area contributed by atoms with Crippen LogP contribution in [0, 0.1) is 0 Å². The summed E-state index contributed by atoms with van der Waals surface area (Å²) in [6.07, 6.45) is 90.9. The van der Waals surface area contributed by atoms with Crippen molar-refractivity contribution in [1.29, 1.82) is 0 Å². The average molecular weight is 1040 g/mol. The van der Waals surface area contributed by atoms with Crippen LogP contribution in [0.5, 0.6) is 0 Å². The average Bonchev–Trinajstić information content (AvgIpc) is 3.40. The van der Waals surface area contributed by atoms with Crippen LogP contribution in [0.25, 0.3) is 0 Å². The Morgan fingerprint density at radius 2 is 0.527 bits per heavy atom. The molecular weight excluding hydrogens is 903 g/mol. The summed E-state index contributed by atoms with van der Waals surface area (Å²) in [5.74, 6) is -0.0655. The number of hydrogen-bond acceptors (Lipinski definition) is 3. The summed E-state index contributed by atoms with van der Waals surface area (Å²) >= 11 is 0. The SMILES string of the molecule is CCCCCCCCCC/C=C\CCCCCCCCCCCCCCCCCCCCCCCCCC(=O)NC(CO)C(O)/C=C/CC/C=C/CCCCCCCCCCCCCCCCCCCCCCC. The van der Waals surface area contributed by atoms with Crippen LogP contribution in [0.2, 0.25) is 0 Å². The van der Waals surface area contributed by atoms with Gasteiger partial charge in [0.2, 0.25) is 5.91 Å². The van der Waals surface area contributed by atoms with Gasteiger partial charge >= 0.3 is 0 Å². The van der Waals surface area contributed by atoms with E-state index >= 15 is 0 Å². The van der Waals surface area contributed by atoms with Crippen LogP contribution < -0.4 is 5.32 Å². The lowest BCUT2D eigenvalue weighted by Gasteiger charge is -2.19. The maximum atomic E-state index is 12.5. The molecular formula is C70H135NO3. The Labute approximate surface area is 465 Å². The lowest BCUT2D eigenvalue weighted by Crippen LogP contribution is -2.45. The van der Waals surface area contributed by atoms with Gasteiger partial charge in [0.15, 0.2) is 0 Å². The maximum Gasteiger partial charge on any atom is 0.220 e. The fourth-order valence-electron chi connectivity index (χ4n) is 10.9. The van der Waals surface area contributed by atoms with Gasteiger partial charge < -0.3 is 15.5 Å². The van der Waals surface area contributed by atoms with Crippen molar-refractivity contribution in [1.82, 2.24) is 5.32 Å². The Balaban J connectivity index is 3.44. The molecule has 0 saturated heterocycles. The highest BCUT2D eigenvalue weighted by molar-refractivity contribution is 5.76. The Hall–Kier alpha value is -1.39. The molecule has 0 aromatic rings. The van der Waals surface area contributed by atoms with E-state index in [1.807, 2.05) is 6.08 Å². The zero-order chi connectivity index (χ0) is 53.4. The number of carbonyl (C=O) groups is 1. The van der Waals surface area contributed by atoms with E-state index in [1.54, 1.807) is 6.08 Å². The standard InChI is InChI=1S/C70H135NO3/c1-3-5-7-9-11-13-15-17-19-21-23-25-27-29-31-32-33-34-35-36-37-38-40-42-44-46-48-50-52-54-56-58-60-62-64-66-70(74)71-68(67-72)69(73)65-63-61-59-57-55-53-51-49-47-45-43-41-39-30-28-26-24-22-20-18-16-14-12-10-8-6-4-2/h21,23,55,57,63,65,68-69,72-73H,3-20,22,24-54,56,58-62,64,66-67H2,1-2H3,(H,71,74)/b23-21-,57-55+,65-63+. The summed E-state index contributed by atoms with van der Waals surface area (Å²) in [6, 6.07) is -0.639. The Bertz CT molecular complexity index is 1130. The van der Waals surface area contributed by atoms with Crippen LogP contribution in [-0.2, 0) is 4.79 Å². The highest BCUT2D eigenvalue weighted by Gasteiger charge is 2.18. The number of rotatable bonds is 64. The summed E-state index contributed by atoms with van der Waals surface area (Å²) in [6.45, 7) is 4.34. The van der Waals surface area contributed by atoms with Crippen molar-refractivity contribution in [2.24, 2.45) is 0 Å². The minimum atomic E-state index is -0.862. The molecule has 0 aliphatic carbocycles. The van der Waals surface area contributed by atoms with E-state index in [0.29, 0.717) is 6.42 Å². The first-order valence-electron chi connectivity index (χ1n) is 34.2. The normalized spacial score (nSPS) is 12.9. The van der Waals surface area contributed by atoms with Crippen molar-refractivity contribution in [3.05, 3.63) is 36.5 Å². The Morgan fingerprint density at radius 3 is 0.784 bits per heavy atom. The van der Waals surface area contributed by atoms with Gasteiger partial charge in [0.05, 0.1) is 18.8 Å². The number of carbonyl (C=O) groups excluding carboxylic acids is 1. The van der Waals surface area contributed by atoms with Crippen LogP contribution in [0.1, 0.15) is 386 Å². The zero-order valence-electron chi connectivity index (χ0n) is 50.6. The molecule has 0 fully saturated rings. The number of nitrogens with one attached hydrogen (secondary N) is 1. The van der Waals surface area contributed by atoms with Crippen LogP contribution >= 0.6 is 0 Å². The molecule has 0 heterocycles. The molecule has 0 aromatic heterocycles. The maximum absolute atomic E-state index is 12.5. The summed E-state index contributed by atoms with van der Waals surface area (Å²) < 4.78 is 0. The number of unbranched alkanes of at least 4 members (excludes halogenated alkanes) is 53. The molecule has 0 aliphatic heterocycles. The third kappa shape index (κ3) is 61.5. The third-order valence-electron chi connectivity index (χ3n) is 16.1. The van der Waals surface area contributed by atoms with Gasteiger partial charge in [-0.3, -0.25) is 4.79 Å². The predicted octanol–water partition coefficient (Wildman–Crippen LogP) is 23.2. The topological polar surface area (TPSA) is 69.6 Å². The molecule has 3 N–H and O–H groups in total. The molecule has 0 bridgehead atoms. The van der Waals surface area contributed by atoms with E-state index in [2.05, 4.69) is 43.5 Å². The van der Waals surface area contributed by atoms with Crippen LogP contribution in [-0.4, -0.2) is 34.9 Å². The summed E-state index contributed by atoms with van der Waals surface area (Å²) in [4.78, 5) is 12.5. The molecule has 0 radical (unpaired) electrons. The van der Waals surface area contributed by atoms with Crippen LogP contribution in [0.4, 0.5) is 0 Å². The zero-order valence-corrected chi connectivity index (χ0v) is 50.6. The molecule has 0 aliphatic rings. The summed E-state index contributed by atoms with van der Waals surface area (Å²) in [7, 11) is 0. The van der Waals surface area contributed by atoms with E-state index < -0.39 is 12.1 Å². The minimum absolute atomic E-state index is 0.0655. The predicted molar refractivity (Wildman–Crippen MR) is 332 cm³/mol. The molecule has 0 spiro atoms. The smallest absolute Gasteiger partial charge is 0.220 e. The molecule has 0 aromatic carbocycles. The van der Waals surface area contributed by atoms with E-state index in [4.69, 9.17) is 0 Å². The lowest BCUT2D eigenvalue weighted by atomic mass is 10.0. The second-order valence-electron chi connectivity index (χ2n) is 23.6. The van der Waals surface area contributed by atoms with E-state index in [9.17, 15) is 15.0 Å². The Morgan fingerprint density at radius 1 is 0.311 bits per heavy atom. The highest BCUT2D eigenvalue weighted by Crippen LogP contribution is 2.19. The summed E-state index contributed by atoms with van der Waals surface area (Å²) in [5, 5.41) is 23.3. The molecule has 0 rings (SSSR count). The van der Waals surface area contributed by atoms with Gasteiger partial charge in [-0.1, -0.05) is 359 Å². The first kappa shape index (κ1) is 72.6. The number of allylic oxidation sites excluding steroid dienone is 5. The first-order valence-corrected chi connectivity index (χ1v) is 34.2. The molecule has 4 heteroatoms. The third-order valence-corrected chi connectivity index (χ3v) is 16.1. The molecule has 4 nitrogen and oxygen atoms in total. The second kappa shape index (κ2) is 65.9. The molecule has 2 atom stereocenters. The van der Waals surface area contributed by atoms with E-state index in [-0.39, 0.29) is 12.5 Å². The van der Waals surface area contributed by atoms with Crippen molar-refractivity contribution in [2.75, 3.05) is 6.61 Å². The van der Waals surface area contributed by atoms with E-state index in [1.165, 1.54) is 334 Å². The molecule has 0 saturated carbocycles. The second-order valence-corrected chi connectivity index (χ2v) is 23.6. The fraction of sp³-hybridized carbons (Fsp3) is 0.900. The highest BCUT2D eigenvalue weighted by atomic mass is 16.3. The van der Waals surface area contributed by atoms with Gasteiger partial charge in [-0.25, -0.2) is 0 Å². The molecule has 2 unspecified atom stereocenters. The minimum Gasteiger partial charge on any atom is -0.394 e. The van der Waals surface area contributed by atoms with Crippen molar-refractivity contribution in [3.8, 4) is 0 Å². The van der Waals surface area contributed by atoms with Crippen molar-refractivity contribution >= 4 is 5.91 Å². The van der Waals surface area contributed by atoms with Gasteiger partial charge in [-0.15, -0.1) is 0 Å². The van der Waals surface area contributed by atoms with Crippen molar-refractivity contribution < 1.29 is 15.0 Å². The first-order chi connectivity index (χ1) is 36.7. The molecule has 438 valence electrons. The number of aliphatic hydroxyl groups excluding tert-OH is 2. The molecule has 1 amide bonds. The van der Waals surface area contributed by atoms with Crippen LogP contribution in [0.3, 0.4) is 0 Å². The van der Waals surface area contributed by atoms with Gasteiger partial charge in [0.25, 0.3) is 0 Å². The number of aliphatic hydroxyl groups is 2. The van der Waals surface area contributed by atoms with Gasteiger partial charge in [0, 0.05) is 6.42 Å². The van der Waals surface area contributed by atoms with Crippen LogP contribution in [0.15, 0.2) is 36.5 Å². The van der Waals surface area contributed by atoms with E-state index in [0.717, 1.165) is 32.1 Å².